The smallest absolute Gasteiger partial charge is 0.321 e. The van der Waals surface area contributed by atoms with Crippen molar-refractivity contribution >= 4 is 35.2 Å². The summed E-state index contributed by atoms with van der Waals surface area (Å²) in [4.78, 5) is 38.7. The minimum Gasteiger partial charge on any atom is -0.481 e. The van der Waals surface area contributed by atoms with Crippen LogP contribution >= 0.6 is 11.6 Å². The van der Waals surface area contributed by atoms with Crippen molar-refractivity contribution in [3.05, 3.63) is 28.8 Å². The van der Waals surface area contributed by atoms with Gasteiger partial charge in [0.05, 0.1) is 17.0 Å². The van der Waals surface area contributed by atoms with E-state index < -0.39 is 5.97 Å². The minimum absolute atomic E-state index is 0.0718. The highest BCUT2D eigenvalue weighted by atomic mass is 35.5. The van der Waals surface area contributed by atoms with Crippen molar-refractivity contribution in [3.63, 3.8) is 0 Å². The number of halogens is 1. The predicted octanol–water partition coefficient (Wildman–Crippen LogP) is 1.95. The maximum atomic E-state index is 12.8. The molecule has 0 spiro atoms. The summed E-state index contributed by atoms with van der Waals surface area (Å²) in [7, 11) is 0. The molecule has 1 aromatic carbocycles. The monoisotopic (exact) mass is 351 g/mol. The number of hydrogen-bond donors (Lipinski definition) is 2. The second kappa shape index (κ2) is 6.68. The molecule has 0 saturated carbocycles. The molecule has 2 aliphatic rings. The first-order chi connectivity index (χ1) is 11.5. The fourth-order valence-corrected chi connectivity index (χ4v) is 3.43. The molecule has 2 aliphatic heterocycles. The number of carboxylic acid groups (broad SMARTS) is 1. The maximum Gasteiger partial charge on any atom is 0.321 e. The van der Waals surface area contributed by atoms with E-state index in [9.17, 15) is 14.4 Å². The highest BCUT2D eigenvalue weighted by Gasteiger charge is 2.32. The van der Waals surface area contributed by atoms with E-state index in [0.29, 0.717) is 42.3 Å². The van der Waals surface area contributed by atoms with Gasteiger partial charge < -0.3 is 15.3 Å². The van der Waals surface area contributed by atoms with E-state index in [0.717, 1.165) is 6.42 Å². The Balaban J connectivity index is 1.86. The summed E-state index contributed by atoms with van der Waals surface area (Å²) in [6.45, 7) is 1.60. The number of carbonyl (C=O) groups excluding carboxylic acids is 2. The van der Waals surface area contributed by atoms with Crippen LogP contribution in [0.15, 0.2) is 18.2 Å². The number of anilines is 1. The standard InChI is InChI=1S/C16H18ClN3O4/c17-13-4-3-11(20-7-5-18-16(20)24)8-12(13)15(23)19-6-1-2-10(19)9-14(21)22/h3-4,8,10H,1-2,5-7,9H2,(H,18,24)(H,21,22). The van der Waals surface area contributed by atoms with E-state index >= 15 is 0 Å². The Hall–Kier alpha value is -2.28. The minimum atomic E-state index is -0.923. The summed E-state index contributed by atoms with van der Waals surface area (Å²) in [5.41, 5.74) is 0.901. The molecule has 0 aliphatic carbocycles. The highest BCUT2D eigenvalue weighted by Crippen LogP contribution is 2.29. The Bertz CT molecular complexity index is 694. The number of likely N-dealkylation sites (tertiary alicyclic amines) is 1. The van der Waals surface area contributed by atoms with Gasteiger partial charge in [-0.2, -0.15) is 0 Å². The Morgan fingerprint density at radius 3 is 2.79 bits per heavy atom. The summed E-state index contributed by atoms with van der Waals surface area (Å²) < 4.78 is 0. The van der Waals surface area contributed by atoms with Crippen LogP contribution in [0.25, 0.3) is 0 Å². The molecule has 2 fully saturated rings. The zero-order valence-electron chi connectivity index (χ0n) is 13.0. The number of amides is 3. The Morgan fingerprint density at radius 2 is 2.12 bits per heavy atom. The van der Waals surface area contributed by atoms with Crippen molar-refractivity contribution < 1.29 is 19.5 Å². The number of rotatable bonds is 4. The molecular weight excluding hydrogens is 334 g/mol. The second-order valence-electron chi connectivity index (χ2n) is 5.94. The number of nitrogens with zero attached hydrogens (tertiary/aromatic N) is 2. The molecule has 0 radical (unpaired) electrons. The van der Waals surface area contributed by atoms with Gasteiger partial charge in [-0.05, 0) is 31.0 Å². The van der Waals surface area contributed by atoms with Gasteiger partial charge in [0.15, 0.2) is 0 Å². The van der Waals surface area contributed by atoms with Crippen LogP contribution in [0.1, 0.15) is 29.6 Å². The lowest BCUT2D eigenvalue weighted by Gasteiger charge is -2.24. The second-order valence-corrected chi connectivity index (χ2v) is 6.35. The zero-order valence-corrected chi connectivity index (χ0v) is 13.8. The molecule has 1 aromatic rings. The molecule has 8 heteroatoms. The first-order valence-electron chi connectivity index (χ1n) is 7.85. The lowest BCUT2D eigenvalue weighted by atomic mass is 10.1. The van der Waals surface area contributed by atoms with Gasteiger partial charge in [-0.25, -0.2) is 4.79 Å². The molecule has 2 N–H and O–H groups in total. The molecule has 128 valence electrons. The highest BCUT2D eigenvalue weighted by molar-refractivity contribution is 6.34. The van der Waals surface area contributed by atoms with Gasteiger partial charge in [0.1, 0.15) is 0 Å². The van der Waals surface area contributed by atoms with E-state index in [1.54, 1.807) is 28.0 Å². The van der Waals surface area contributed by atoms with Gasteiger partial charge in [0.25, 0.3) is 5.91 Å². The molecule has 24 heavy (non-hydrogen) atoms. The molecule has 7 nitrogen and oxygen atoms in total. The Labute approximate surface area is 144 Å². The third-order valence-corrected chi connectivity index (χ3v) is 4.73. The number of urea groups is 1. The van der Waals surface area contributed by atoms with E-state index in [1.807, 2.05) is 0 Å². The van der Waals surface area contributed by atoms with Gasteiger partial charge in [-0.1, -0.05) is 11.6 Å². The van der Waals surface area contributed by atoms with Crippen molar-refractivity contribution in [1.29, 1.82) is 0 Å². The lowest BCUT2D eigenvalue weighted by molar-refractivity contribution is -0.137. The van der Waals surface area contributed by atoms with Crippen LogP contribution in [-0.4, -0.2) is 53.6 Å². The molecule has 2 heterocycles. The average Bonchev–Trinajstić information content (AvgIpc) is 3.15. The van der Waals surface area contributed by atoms with E-state index in [4.69, 9.17) is 16.7 Å². The molecule has 3 amide bonds. The lowest BCUT2D eigenvalue weighted by Crippen LogP contribution is -2.37. The van der Waals surface area contributed by atoms with E-state index in [2.05, 4.69) is 5.32 Å². The third kappa shape index (κ3) is 3.17. The predicted molar refractivity (Wildman–Crippen MR) is 88.5 cm³/mol. The van der Waals surface area contributed by atoms with Crippen LogP contribution in [0.3, 0.4) is 0 Å². The number of hydrogen-bond acceptors (Lipinski definition) is 3. The summed E-state index contributed by atoms with van der Waals surface area (Å²) in [5.74, 6) is -1.21. The van der Waals surface area contributed by atoms with Gasteiger partial charge in [0.2, 0.25) is 0 Å². The summed E-state index contributed by atoms with van der Waals surface area (Å²) >= 11 is 6.18. The number of carbonyl (C=O) groups is 3. The van der Waals surface area contributed by atoms with Crippen molar-refractivity contribution in [2.45, 2.75) is 25.3 Å². The van der Waals surface area contributed by atoms with E-state index in [1.165, 1.54) is 0 Å². The van der Waals surface area contributed by atoms with Crippen molar-refractivity contribution in [2.75, 3.05) is 24.5 Å². The molecule has 2 saturated heterocycles. The Morgan fingerprint density at radius 1 is 1.33 bits per heavy atom. The van der Waals surface area contributed by atoms with Gasteiger partial charge in [-0.15, -0.1) is 0 Å². The fourth-order valence-electron chi connectivity index (χ4n) is 3.23. The van der Waals surface area contributed by atoms with Crippen LogP contribution in [0.5, 0.6) is 0 Å². The first-order valence-corrected chi connectivity index (χ1v) is 8.23. The van der Waals surface area contributed by atoms with Crippen LogP contribution in [0, 0.1) is 0 Å². The van der Waals surface area contributed by atoms with Crippen molar-refractivity contribution in [3.8, 4) is 0 Å². The van der Waals surface area contributed by atoms with Crippen molar-refractivity contribution in [2.24, 2.45) is 0 Å². The quantitative estimate of drug-likeness (QED) is 0.867. The van der Waals surface area contributed by atoms with Crippen LogP contribution in [0.2, 0.25) is 5.02 Å². The Kier molecular flexibility index (Phi) is 4.62. The summed E-state index contributed by atoms with van der Waals surface area (Å²) in [6.07, 6.45) is 1.37. The zero-order chi connectivity index (χ0) is 17.3. The molecule has 1 unspecified atom stereocenters. The van der Waals surface area contributed by atoms with Gasteiger partial charge >= 0.3 is 12.0 Å². The number of nitrogens with one attached hydrogen (secondary N) is 1. The number of carboxylic acids is 1. The maximum absolute atomic E-state index is 12.8. The topological polar surface area (TPSA) is 89.9 Å². The van der Waals surface area contributed by atoms with Crippen LogP contribution in [0.4, 0.5) is 10.5 Å². The summed E-state index contributed by atoms with van der Waals surface area (Å²) in [5, 5.41) is 12.0. The van der Waals surface area contributed by atoms with Crippen molar-refractivity contribution in [1.82, 2.24) is 10.2 Å². The van der Waals surface area contributed by atoms with Gasteiger partial charge in [0, 0.05) is 31.4 Å². The normalized spacial score (nSPS) is 20.4. The molecule has 0 bridgehead atoms. The first kappa shape index (κ1) is 16.6. The van der Waals surface area contributed by atoms with E-state index in [-0.39, 0.29) is 24.4 Å². The SMILES string of the molecule is O=C(O)CC1CCCN1C(=O)c1cc(N2CCNC2=O)ccc1Cl. The van der Waals surface area contributed by atoms with Crippen LogP contribution < -0.4 is 10.2 Å². The average molecular weight is 352 g/mol. The molecule has 3 rings (SSSR count). The molecule has 0 aromatic heterocycles. The fraction of sp³-hybridized carbons (Fsp3) is 0.438. The summed E-state index contributed by atoms with van der Waals surface area (Å²) in [6, 6.07) is 4.37. The molecule has 1 atom stereocenters. The third-order valence-electron chi connectivity index (χ3n) is 4.40. The van der Waals surface area contributed by atoms with Gasteiger partial charge in [-0.3, -0.25) is 14.5 Å². The number of aliphatic carboxylic acids is 1. The molecular formula is C16H18ClN3O4. The number of benzene rings is 1. The largest absolute Gasteiger partial charge is 0.481 e. The van der Waals surface area contributed by atoms with Crippen LogP contribution in [-0.2, 0) is 4.79 Å².